The van der Waals surface area contributed by atoms with Gasteiger partial charge in [0.15, 0.2) is 11.5 Å². The van der Waals surface area contributed by atoms with Gasteiger partial charge < -0.3 is 9.84 Å². The Morgan fingerprint density at radius 3 is 2.42 bits per heavy atom. The molecule has 0 bridgehead atoms. The van der Waals surface area contributed by atoms with Crippen LogP contribution in [0.5, 0.6) is 11.5 Å². The monoisotopic (exact) mass is 669 g/mol. The van der Waals surface area contributed by atoms with Gasteiger partial charge in [-0.05, 0) is 85.3 Å². The van der Waals surface area contributed by atoms with E-state index >= 15 is 4.79 Å². The Kier molecular flexibility index (Phi) is 7.86. The number of hydrazine groups is 1. The summed E-state index contributed by atoms with van der Waals surface area (Å²) in [7, 11) is 1.45. The van der Waals surface area contributed by atoms with Crippen LogP contribution in [0, 0.1) is 35.4 Å². The first-order valence-corrected chi connectivity index (χ1v) is 16.2. The van der Waals surface area contributed by atoms with Crippen molar-refractivity contribution < 1.29 is 33.4 Å². The van der Waals surface area contributed by atoms with Gasteiger partial charge in [-0.3, -0.25) is 29.5 Å². The summed E-state index contributed by atoms with van der Waals surface area (Å²) in [6.45, 7) is 2.02. The molecule has 0 unspecified atom stereocenters. The molecule has 2 heterocycles. The lowest BCUT2D eigenvalue weighted by atomic mass is 9.50. The number of likely N-dealkylation sites (tertiary alicyclic amines) is 1. The van der Waals surface area contributed by atoms with Crippen molar-refractivity contribution in [3.8, 4) is 11.5 Å². The number of amides is 4. The Morgan fingerprint density at radius 1 is 1.00 bits per heavy atom. The Bertz CT molecular complexity index is 1890. The number of phenols is 1. The van der Waals surface area contributed by atoms with Crippen LogP contribution in [0.25, 0.3) is 6.08 Å². The largest absolute Gasteiger partial charge is 0.504 e. The molecule has 2 aliphatic carbocycles. The van der Waals surface area contributed by atoms with E-state index in [4.69, 9.17) is 16.3 Å². The fraction of sp³-hybridized carbons (Fsp3) is 0.297. The number of benzene rings is 3. The lowest BCUT2D eigenvalue weighted by Crippen LogP contribution is -2.54. The summed E-state index contributed by atoms with van der Waals surface area (Å²) in [4.78, 5) is 57.9. The van der Waals surface area contributed by atoms with Gasteiger partial charge in [-0.25, -0.2) is 4.39 Å². The minimum atomic E-state index is -1.46. The van der Waals surface area contributed by atoms with E-state index in [0.29, 0.717) is 28.3 Å². The number of rotatable bonds is 7. The number of fused-ring (bicyclic) bond motifs is 4. The maximum atomic E-state index is 15.0. The summed E-state index contributed by atoms with van der Waals surface area (Å²) >= 11 is 6.32. The molecule has 2 aliphatic heterocycles. The summed E-state index contributed by atoms with van der Waals surface area (Å²) in [5.41, 5.74) is 3.87. The van der Waals surface area contributed by atoms with Gasteiger partial charge in [0.2, 0.25) is 11.8 Å². The van der Waals surface area contributed by atoms with Crippen LogP contribution in [0.1, 0.15) is 30.9 Å². The number of methoxy groups -OCH3 is 1. The van der Waals surface area contributed by atoms with Crippen molar-refractivity contribution in [1.29, 1.82) is 0 Å². The highest BCUT2D eigenvalue weighted by molar-refractivity contribution is 6.30. The van der Waals surface area contributed by atoms with E-state index in [9.17, 15) is 23.9 Å². The Balaban J connectivity index is 1.42. The molecule has 4 amide bonds. The van der Waals surface area contributed by atoms with Crippen molar-refractivity contribution in [3.05, 3.63) is 106 Å². The van der Waals surface area contributed by atoms with Crippen LogP contribution in [-0.4, -0.2) is 52.3 Å². The lowest BCUT2D eigenvalue weighted by Gasteiger charge is -2.49. The molecule has 2 N–H and O–H groups in total. The molecule has 0 radical (unpaired) electrons. The van der Waals surface area contributed by atoms with Gasteiger partial charge in [0.05, 0.1) is 36.0 Å². The van der Waals surface area contributed by atoms with Crippen LogP contribution in [0.4, 0.5) is 10.1 Å². The number of carbonyl (C=O) groups excluding carboxylic acids is 4. The number of aromatic hydroxyl groups is 1. The molecule has 1 saturated carbocycles. The van der Waals surface area contributed by atoms with E-state index in [1.165, 1.54) is 42.3 Å². The summed E-state index contributed by atoms with van der Waals surface area (Å²) in [5.74, 6) is -5.04. The molecule has 4 aliphatic rings. The smallest absolute Gasteiger partial charge is 0.260 e. The zero-order valence-electron chi connectivity index (χ0n) is 26.2. The summed E-state index contributed by atoms with van der Waals surface area (Å²) in [6.07, 6.45) is 6.15. The van der Waals surface area contributed by atoms with Crippen LogP contribution in [0.2, 0.25) is 5.02 Å². The predicted octanol–water partition coefficient (Wildman–Crippen LogP) is 5.74. The van der Waals surface area contributed by atoms with Crippen molar-refractivity contribution in [2.45, 2.75) is 25.2 Å². The average Bonchev–Trinajstić information content (AvgIpc) is 3.46. The Morgan fingerprint density at radius 2 is 1.73 bits per heavy atom. The number of allylic oxidation sites excluding steroid dienone is 3. The van der Waals surface area contributed by atoms with Crippen LogP contribution >= 0.6 is 11.6 Å². The number of ether oxygens (including phenoxy) is 1. The molecule has 11 heteroatoms. The van der Waals surface area contributed by atoms with Gasteiger partial charge in [0.1, 0.15) is 5.82 Å². The van der Waals surface area contributed by atoms with E-state index in [-0.39, 0.29) is 36.3 Å². The van der Waals surface area contributed by atoms with Gasteiger partial charge in [0.25, 0.3) is 11.8 Å². The van der Waals surface area contributed by atoms with E-state index < -0.39 is 52.6 Å². The number of halogens is 2. The second-order valence-electron chi connectivity index (χ2n) is 12.6. The number of hydrogen-bond acceptors (Lipinski definition) is 7. The van der Waals surface area contributed by atoms with Crippen LogP contribution in [-0.2, 0) is 24.6 Å². The predicted molar refractivity (Wildman–Crippen MR) is 176 cm³/mol. The molecule has 6 atom stereocenters. The summed E-state index contributed by atoms with van der Waals surface area (Å²) in [5, 5.41) is 11.7. The molecule has 7 rings (SSSR count). The minimum Gasteiger partial charge on any atom is -0.504 e. The van der Waals surface area contributed by atoms with E-state index in [0.717, 1.165) is 10.6 Å². The molecule has 3 aromatic carbocycles. The second-order valence-corrected chi connectivity index (χ2v) is 13.1. The summed E-state index contributed by atoms with van der Waals surface area (Å²) < 4.78 is 19.1. The standard InChI is InChI=1S/C37H33ClFN3O6/c1-3-41-33(44)26-15-14-25-27(32(26)35(41)46)19-29-34(45)42(40-24-12-10-23(39)11-13-24)36(47)37(29,21-6-8-22(38)9-7-21)28(25)16-4-20-5-17-30(43)31(18-20)48-2/h4-14,16-18,26-29,32,40,43H,3,15,19H2,1-2H3/t26-,27+,28-,29-,32-,37-/m0/s1. The van der Waals surface area contributed by atoms with Crippen LogP contribution in [0.15, 0.2) is 84.5 Å². The zero-order chi connectivity index (χ0) is 33.9. The number of carbonyl (C=O) groups is 4. The topological polar surface area (TPSA) is 116 Å². The van der Waals surface area contributed by atoms with Crippen LogP contribution < -0.4 is 10.2 Å². The maximum Gasteiger partial charge on any atom is 0.260 e. The Hall–Kier alpha value is -4.96. The van der Waals surface area contributed by atoms with E-state index in [2.05, 4.69) is 5.43 Å². The third kappa shape index (κ3) is 4.72. The van der Waals surface area contributed by atoms with Gasteiger partial charge in [0, 0.05) is 17.5 Å². The first kappa shape index (κ1) is 31.6. The van der Waals surface area contributed by atoms with Gasteiger partial charge in [-0.15, -0.1) is 0 Å². The highest BCUT2D eigenvalue weighted by atomic mass is 35.5. The van der Waals surface area contributed by atoms with E-state index in [1.54, 1.807) is 43.3 Å². The van der Waals surface area contributed by atoms with Crippen molar-refractivity contribution in [1.82, 2.24) is 9.91 Å². The number of hydrogen-bond donors (Lipinski definition) is 2. The van der Waals surface area contributed by atoms with Crippen molar-refractivity contribution in [2.75, 3.05) is 19.1 Å². The molecule has 3 fully saturated rings. The average molecular weight is 670 g/mol. The second kappa shape index (κ2) is 11.9. The van der Waals surface area contributed by atoms with E-state index in [1.807, 2.05) is 18.2 Å². The third-order valence-electron chi connectivity index (χ3n) is 10.4. The molecule has 0 spiro atoms. The number of anilines is 1. The molecular formula is C37H33ClFN3O6. The molecule has 48 heavy (non-hydrogen) atoms. The normalized spacial score (nSPS) is 28.0. The zero-order valence-corrected chi connectivity index (χ0v) is 27.0. The molecule has 9 nitrogen and oxygen atoms in total. The van der Waals surface area contributed by atoms with Crippen molar-refractivity contribution >= 4 is 47.0 Å². The SMILES string of the molecule is CCN1C(=O)[C@H]2[C@H](CC=C3[C@H]2C[C@H]2C(=O)N(Nc4ccc(F)cc4)C(=O)[C@@]2(c2ccc(Cl)cc2)[C@H]3C=Cc2ccc(O)c(OC)c2)C1=O. The number of nitrogens with zero attached hydrogens (tertiary/aromatic N) is 2. The highest BCUT2D eigenvalue weighted by Gasteiger charge is 2.69. The lowest BCUT2D eigenvalue weighted by molar-refractivity contribution is -0.141. The van der Waals surface area contributed by atoms with Crippen LogP contribution in [0.3, 0.4) is 0 Å². The van der Waals surface area contributed by atoms with Gasteiger partial charge >= 0.3 is 0 Å². The van der Waals surface area contributed by atoms with Crippen molar-refractivity contribution in [3.63, 3.8) is 0 Å². The fourth-order valence-electron chi connectivity index (χ4n) is 8.28. The summed E-state index contributed by atoms with van der Waals surface area (Å²) in [6, 6.07) is 17.1. The molecule has 2 saturated heterocycles. The fourth-order valence-corrected chi connectivity index (χ4v) is 8.41. The van der Waals surface area contributed by atoms with Gasteiger partial charge in [-0.2, -0.15) is 5.01 Å². The first-order valence-electron chi connectivity index (χ1n) is 15.9. The quantitative estimate of drug-likeness (QED) is 0.243. The molecule has 0 aromatic heterocycles. The van der Waals surface area contributed by atoms with Gasteiger partial charge in [-0.1, -0.05) is 53.6 Å². The minimum absolute atomic E-state index is 0.0323. The maximum absolute atomic E-state index is 15.0. The van der Waals surface area contributed by atoms with Crippen molar-refractivity contribution in [2.24, 2.45) is 29.6 Å². The molecular weight excluding hydrogens is 637 g/mol. The highest BCUT2D eigenvalue weighted by Crippen LogP contribution is 2.61. The Labute approximate surface area is 281 Å². The molecule has 246 valence electrons. The number of imide groups is 2. The third-order valence-corrected chi connectivity index (χ3v) is 10.7. The number of phenolic OH excluding ortho intramolecular Hbond substituents is 1. The first-order chi connectivity index (χ1) is 23.1. The number of nitrogens with one attached hydrogen (secondary N) is 1. The molecule has 3 aromatic rings.